The Bertz CT molecular complexity index is 958. The van der Waals surface area contributed by atoms with Crippen molar-refractivity contribution in [1.29, 1.82) is 0 Å². The number of ketones is 2. The number of fused-ring (bicyclic) bond motifs is 3. The van der Waals surface area contributed by atoms with Crippen molar-refractivity contribution < 1.29 is 23.8 Å². The molecular weight excluding hydrogens is 409 g/mol. The Hall–Kier alpha value is -1.65. The van der Waals surface area contributed by atoms with Gasteiger partial charge in [0.1, 0.15) is 16.8 Å². The first-order valence-corrected chi connectivity index (χ1v) is 11.6. The van der Waals surface area contributed by atoms with Crippen LogP contribution in [-0.2, 0) is 20.6 Å². The second-order valence-corrected chi connectivity index (χ2v) is 10.3. The lowest BCUT2D eigenvalue weighted by molar-refractivity contribution is -0.111. The Morgan fingerprint density at radius 3 is 2.67 bits per heavy atom. The molecule has 0 bridgehead atoms. The van der Waals surface area contributed by atoms with Gasteiger partial charge in [-0.15, -0.1) is 4.31 Å². The van der Waals surface area contributed by atoms with Gasteiger partial charge in [0.15, 0.2) is 23.5 Å². The zero-order chi connectivity index (χ0) is 21.2. The molecule has 160 valence electrons. The highest BCUT2D eigenvalue weighted by molar-refractivity contribution is 7.95. The average Bonchev–Trinajstić information content (AvgIpc) is 3.51. The zero-order valence-corrected chi connectivity index (χ0v) is 17.8. The first-order chi connectivity index (χ1) is 14.4. The number of benzene rings is 1. The fraction of sp³-hybridized carbons (Fsp3) is 0.571. The third-order valence-electron chi connectivity index (χ3n) is 6.38. The van der Waals surface area contributed by atoms with E-state index in [-0.39, 0.29) is 22.6 Å². The molecule has 4 atom stereocenters. The van der Waals surface area contributed by atoms with Gasteiger partial charge in [-0.25, -0.2) is 9.38 Å². The lowest BCUT2D eigenvalue weighted by Crippen LogP contribution is -2.49. The number of hydrogen-bond acceptors (Lipinski definition) is 7. The minimum Gasteiger partial charge on any atom is -0.378 e. The van der Waals surface area contributed by atoms with Crippen LogP contribution in [0.5, 0.6) is 0 Å². The van der Waals surface area contributed by atoms with Crippen LogP contribution >= 0.6 is 0 Å². The molecule has 3 heterocycles. The zero-order valence-electron chi connectivity index (χ0n) is 17.0. The van der Waals surface area contributed by atoms with Crippen molar-refractivity contribution in [2.24, 2.45) is 10.9 Å². The molecule has 1 saturated heterocycles. The molecule has 4 aliphatic rings. The number of rotatable bonds is 4. The average molecular weight is 435 g/mol. The maximum Gasteiger partial charge on any atom is 0.250 e. The molecule has 1 aromatic rings. The number of nitrogens with one attached hydrogen (secondary N) is 1. The lowest BCUT2D eigenvalue weighted by Gasteiger charge is -2.27. The van der Waals surface area contributed by atoms with Crippen LogP contribution in [0.25, 0.3) is 0 Å². The van der Waals surface area contributed by atoms with Crippen molar-refractivity contribution >= 4 is 34.0 Å². The second-order valence-electron chi connectivity index (χ2n) is 8.28. The summed E-state index contributed by atoms with van der Waals surface area (Å²) in [5.41, 5.74) is 0.745. The van der Waals surface area contributed by atoms with E-state index in [1.54, 1.807) is 7.11 Å². The predicted molar refractivity (Wildman–Crippen MR) is 111 cm³/mol. The Kier molecular flexibility index (Phi) is 5.06. The Morgan fingerprint density at radius 2 is 2.07 bits per heavy atom. The SMILES string of the molecule is COC1C(C2CC2)c2c3c(cc(F)c2[S+]1N1CCNCC1)C(=O)C(O)C(C(C)=O)=N3. The summed E-state index contributed by atoms with van der Waals surface area (Å²) in [6.07, 6.45) is 0.403. The number of hydrogen-bond donors (Lipinski definition) is 2. The van der Waals surface area contributed by atoms with Crippen LogP contribution in [0.2, 0.25) is 0 Å². The van der Waals surface area contributed by atoms with E-state index in [0.717, 1.165) is 39.0 Å². The Morgan fingerprint density at radius 1 is 1.37 bits per heavy atom. The quantitative estimate of drug-likeness (QED) is 0.695. The molecular formula is C21H25FN3O4S+. The van der Waals surface area contributed by atoms with E-state index in [1.165, 1.54) is 13.0 Å². The first kappa shape index (κ1) is 20.3. The number of methoxy groups -OCH3 is 1. The van der Waals surface area contributed by atoms with Gasteiger partial charge in [-0.2, -0.15) is 0 Å². The molecule has 0 radical (unpaired) electrons. The largest absolute Gasteiger partial charge is 0.378 e. The van der Waals surface area contributed by atoms with E-state index in [2.05, 4.69) is 14.6 Å². The van der Waals surface area contributed by atoms with Gasteiger partial charge in [0.25, 0.3) is 5.44 Å². The molecule has 1 aromatic carbocycles. The van der Waals surface area contributed by atoms with Gasteiger partial charge in [-0.1, -0.05) is 0 Å². The van der Waals surface area contributed by atoms with Crippen LogP contribution in [-0.4, -0.2) is 71.5 Å². The smallest absolute Gasteiger partial charge is 0.250 e. The number of Topliss-reactive ketones (excluding diaryl/α,β-unsaturated/α-hetero) is 2. The van der Waals surface area contributed by atoms with Crippen molar-refractivity contribution in [2.75, 3.05) is 33.3 Å². The molecule has 2 fully saturated rings. The third-order valence-corrected chi connectivity index (χ3v) is 9.06. The van der Waals surface area contributed by atoms with Gasteiger partial charge in [0.2, 0.25) is 4.90 Å². The lowest BCUT2D eigenvalue weighted by atomic mass is 9.87. The topological polar surface area (TPSA) is 91.2 Å². The summed E-state index contributed by atoms with van der Waals surface area (Å²) in [5.74, 6) is -1.29. The van der Waals surface area contributed by atoms with Crippen molar-refractivity contribution in [3.05, 3.63) is 23.0 Å². The van der Waals surface area contributed by atoms with E-state index < -0.39 is 34.6 Å². The molecule has 5 rings (SSSR count). The number of aliphatic imine (C=N–C) groups is 1. The molecule has 4 unspecified atom stereocenters. The molecule has 0 amide bonds. The maximum absolute atomic E-state index is 15.6. The molecule has 7 nitrogen and oxygen atoms in total. The fourth-order valence-electron chi connectivity index (χ4n) is 4.86. The van der Waals surface area contributed by atoms with Gasteiger partial charge in [-0.05, 0) is 24.8 Å². The van der Waals surface area contributed by atoms with E-state index in [4.69, 9.17) is 4.74 Å². The van der Waals surface area contributed by atoms with E-state index in [1.807, 2.05) is 0 Å². The highest BCUT2D eigenvalue weighted by atomic mass is 32.2. The van der Waals surface area contributed by atoms with Crippen LogP contribution in [0.15, 0.2) is 16.0 Å². The summed E-state index contributed by atoms with van der Waals surface area (Å²) < 4.78 is 23.8. The maximum atomic E-state index is 15.6. The fourth-order valence-corrected chi connectivity index (χ4v) is 7.75. The summed E-state index contributed by atoms with van der Waals surface area (Å²) in [6, 6.07) is 1.20. The minimum atomic E-state index is -1.64. The van der Waals surface area contributed by atoms with Crippen molar-refractivity contribution in [1.82, 2.24) is 9.62 Å². The molecule has 0 aromatic heterocycles. The highest BCUT2D eigenvalue weighted by Crippen LogP contribution is 2.58. The number of carbonyl (C=O) groups excluding carboxylic acids is 2. The Balaban J connectivity index is 1.75. The van der Waals surface area contributed by atoms with E-state index in [9.17, 15) is 14.7 Å². The summed E-state index contributed by atoms with van der Waals surface area (Å²) in [4.78, 5) is 29.9. The van der Waals surface area contributed by atoms with Crippen LogP contribution in [0.1, 0.15) is 41.6 Å². The highest BCUT2D eigenvalue weighted by Gasteiger charge is 2.61. The number of piperazine rings is 1. The second kappa shape index (κ2) is 7.49. The van der Waals surface area contributed by atoms with Gasteiger partial charge in [-0.3, -0.25) is 9.59 Å². The normalized spacial score (nSPS) is 31.3. The molecule has 9 heteroatoms. The number of aliphatic hydroxyl groups excluding tert-OH is 1. The number of aliphatic hydroxyl groups is 1. The summed E-state index contributed by atoms with van der Waals surface area (Å²) >= 11 is -0.621. The number of ether oxygens (including phenoxy) is 1. The van der Waals surface area contributed by atoms with Gasteiger partial charge in [0.05, 0.1) is 30.3 Å². The van der Waals surface area contributed by atoms with Gasteiger partial charge < -0.3 is 15.2 Å². The summed E-state index contributed by atoms with van der Waals surface area (Å²) in [5, 5.41) is 13.6. The monoisotopic (exact) mass is 434 g/mol. The molecule has 0 spiro atoms. The van der Waals surface area contributed by atoms with Crippen LogP contribution in [0.3, 0.4) is 0 Å². The van der Waals surface area contributed by atoms with Crippen LogP contribution in [0.4, 0.5) is 10.1 Å². The van der Waals surface area contributed by atoms with Crippen molar-refractivity contribution in [2.45, 2.75) is 42.1 Å². The third kappa shape index (κ3) is 2.98. The van der Waals surface area contributed by atoms with Crippen molar-refractivity contribution in [3.63, 3.8) is 0 Å². The minimum absolute atomic E-state index is 0.0648. The van der Waals surface area contributed by atoms with Crippen LogP contribution in [0, 0.1) is 11.7 Å². The predicted octanol–water partition coefficient (Wildman–Crippen LogP) is 1.32. The number of halogens is 1. The molecule has 3 aliphatic heterocycles. The number of nitrogens with zero attached hydrogens (tertiary/aromatic N) is 2. The molecule has 30 heavy (non-hydrogen) atoms. The molecule has 2 N–H and O–H groups in total. The molecule has 1 saturated carbocycles. The van der Waals surface area contributed by atoms with E-state index >= 15 is 4.39 Å². The number of carbonyl (C=O) groups is 2. The van der Waals surface area contributed by atoms with Crippen LogP contribution < -0.4 is 5.32 Å². The van der Waals surface area contributed by atoms with Crippen molar-refractivity contribution in [3.8, 4) is 0 Å². The standard InChI is InChI=1S/C21H25FN3O4S/c1-10(26)16-19(28)18(27)12-9-13(22)20-15(17(12)24-16)14(11-3-4-11)21(29-2)30(20)25-7-5-23-6-8-25/h9,11,14,19,21,23,28H,3-8H2,1-2H3/q+1. The first-order valence-electron chi connectivity index (χ1n) is 10.3. The van der Waals surface area contributed by atoms with Gasteiger partial charge in [0, 0.05) is 32.7 Å². The Labute approximate surface area is 177 Å². The van der Waals surface area contributed by atoms with E-state index in [0.29, 0.717) is 22.1 Å². The summed E-state index contributed by atoms with van der Waals surface area (Å²) in [7, 11) is 1.66. The molecule has 1 aliphatic carbocycles. The summed E-state index contributed by atoms with van der Waals surface area (Å²) in [6.45, 7) is 4.51. The van der Waals surface area contributed by atoms with Gasteiger partial charge >= 0.3 is 0 Å².